The quantitative estimate of drug-likeness (QED) is 0.845. The van der Waals surface area contributed by atoms with E-state index in [1.54, 1.807) is 18.2 Å². The molecular formula is C16H23N3O4S. The highest BCUT2D eigenvalue weighted by Gasteiger charge is 2.27. The normalized spacial score (nSPS) is 20.2. The van der Waals surface area contributed by atoms with Crippen molar-refractivity contribution >= 4 is 21.6 Å². The summed E-state index contributed by atoms with van der Waals surface area (Å²) in [7, 11) is -3.47. The molecule has 0 radical (unpaired) electrons. The standard InChI is InChI=1S/C16H23N3O4S/c20-16(13-18-8-10-23-11-9-18)17-14-4-3-5-15(12-14)24(21,22)19-6-1-2-7-19/h3-5,12H,1-2,6-11,13H2,(H,17,20). The van der Waals surface area contributed by atoms with Gasteiger partial charge in [-0.3, -0.25) is 9.69 Å². The fourth-order valence-corrected chi connectivity index (χ4v) is 4.54. The van der Waals surface area contributed by atoms with E-state index in [1.807, 2.05) is 4.90 Å². The molecule has 0 aliphatic carbocycles. The molecule has 1 aromatic carbocycles. The van der Waals surface area contributed by atoms with Crippen LogP contribution in [0.25, 0.3) is 0 Å². The van der Waals surface area contributed by atoms with E-state index >= 15 is 0 Å². The van der Waals surface area contributed by atoms with Gasteiger partial charge in [-0.1, -0.05) is 6.07 Å². The molecule has 132 valence electrons. The van der Waals surface area contributed by atoms with E-state index in [0.29, 0.717) is 32.0 Å². The number of hydrogen-bond donors (Lipinski definition) is 1. The Morgan fingerprint density at radius 2 is 1.83 bits per heavy atom. The highest BCUT2D eigenvalue weighted by molar-refractivity contribution is 7.89. The van der Waals surface area contributed by atoms with Gasteiger partial charge in [0.1, 0.15) is 0 Å². The maximum absolute atomic E-state index is 12.6. The summed E-state index contributed by atoms with van der Waals surface area (Å²) in [5.41, 5.74) is 0.508. The first-order valence-corrected chi connectivity index (χ1v) is 9.70. The molecule has 1 N–H and O–H groups in total. The smallest absolute Gasteiger partial charge is 0.243 e. The topological polar surface area (TPSA) is 79.0 Å². The number of rotatable bonds is 5. The predicted molar refractivity (Wildman–Crippen MR) is 90.3 cm³/mol. The Hall–Kier alpha value is -1.48. The minimum atomic E-state index is -3.47. The first-order chi connectivity index (χ1) is 11.6. The van der Waals surface area contributed by atoms with Crippen LogP contribution in [-0.2, 0) is 19.6 Å². The Bertz CT molecular complexity index is 680. The van der Waals surface area contributed by atoms with Gasteiger partial charge in [0.05, 0.1) is 24.7 Å². The van der Waals surface area contributed by atoms with E-state index in [4.69, 9.17) is 4.74 Å². The number of anilines is 1. The van der Waals surface area contributed by atoms with Crippen LogP contribution in [0.3, 0.4) is 0 Å². The zero-order chi connectivity index (χ0) is 17.0. The number of morpholine rings is 1. The Kier molecular flexibility index (Phi) is 5.50. The Morgan fingerprint density at radius 3 is 2.54 bits per heavy atom. The second kappa shape index (κ2) is 7.60. The molecule has 2 saturated heterocycles. The predicted octanol–water partition coefficient (Wildman–Crippen LogP) is 0.742. The second-order valence-electron chi connectivity index (χ2n) is 6.08. The number of benzene rings is 1. The van der Waals surface area contributed by atoms with E-state index in [-0.39, 0.29) is 17.3 Å². The molecule has 1 aromatic rings. The Morgan fingerprint density at radius 1 is 1.12 bits per heavy atom. The van der Waals surface area contributed by atoms with Gasteiger partial charge in [0.25, 0.3) is 0 Å². The summed E-state index contributed by atoms with van der Waals surface area (Å²) in [5.74, 6) is -0.146. The van der Waals surface area contributed by atoms with Crippen molar-refractivity contribution in [2.24, 2.45) is 0 Å². The molecule has 2 aliphatic heterocycles. The zero-order valence-corrected chi connectivity index (χ0v) is 14.4. The largest absolute Gasteiger partial charge is 0.379 e. The molecule has 2 heterocycles. The average molecular weight is 353 g/mol. The van der Waals surface area contributed by atoms with Crippen LogP contribution in [0.4, 0.5) is 5.69 Å². The van der Waals surface area contributed by atoms with Crippen LogP contribution < -0.4 is 5.32 Å². The van der Waals surface area contributed by atoms with E-state index in [0.717, 1.165) is 25.9 Å². The van der Waals surface area contributed by atoms with Crippen LogP contribution in [0.2, 0.25) is 0 Å². The van der Waals surface area contributed by atoms with Gasteiger partial charge in [-0.05, 0) is 31.0 Å². The fourth-order valence-electron chi connectivity index (χ4n) is 2.97. The summed E-state index contributed by atoms with van der Waals surface area (Å²) in [5, 5.41) is 2.79. The van der Waals surface area contributed by atoms with Gasteiger partial charge in [-0.15, -0.1) is 0 Å². The first-order valence-electron chi connectivity index (χ1n) is 8.26. The number of carbonyl (C=O) groups excluding carboxylic acids is 1. The van der Waals surface area contributed by atoms with E-state index < -0.39 is 10.0 Å². The van der Waals surface area contributed by atoms with Gasteiger partial charge in [0, 0.05) is 31.9 Å². The van der Waals surface area contributed by atoms with Gasteiger partial charge in [-0.2, -0.15) is 4.31 Å². The van der Waals surface area contributed by atoms with Crippen molar-refractivity contribution in [1.29, 1.82) is 0 Å². The lowest BCUT2D eigenvalue weighted by Gasteiger charge is -2.25. The molecular weight excluding hydrogens is 330 g/mol. The van der Waals surface area contributed by atoms with Crippen molar-refractivity contribution in [1.82, 2.24) is 9.21 Å². The highest BCUT2D eigenvalue weighted by Crippen LogP contribution is 2.23. The van der Waals surface area contributed by atoms with Crippen LogP contribution >= 0.6 is 0 Å². The molecule has 8 heteroatoms. The molecule has 0 aromatic heterocycles. The van der Waals surface area contributed by atoms with E-state index in [2.05, 4.69) is 5.32 Å². The van der Waals surface area contributed by atoms with Gasteiger partial charge in [0.2, 0.25) is 15.9 Å². The maximum atomic E-state index is 12.6. The zero-order valence-electron chi connectivity index (χ0n) is 13.6. The summed E-state index contributed by atoms with van der Waals surface area (Å²) in [4.78, 5) is 14.4. The molecule has 0 atom stereocenters. The third kappa shape index (κ3) is 4.13. The van der Waals surface area contributed by atoms with Gasteiger partial charge in [-0.25, -0.2) is 8.42 Å². The van der Waals surface area contributed by atoms with Gasteiger partial charge < -0.3 is 10.1 Å². The van der Waals surface area contributed by atoms with E-state index in [1.165, 1.54) is 10.4 Å². The summed E-state index contributed by atoms with van der Waals surface area (Å²) in [6.07, 6.45) is 1.80. The number of ether oxygens (including phenoxy) is 1. The summed E-state index contributed by atoms with van der Waals surface area (Å²) in [6.45, 7) is 4.15. The number of carbonyl (C=O) groups is 1. The van der Waals surface area contributed by atoms with Gasteiger partial charge in [0.15, 0.2) is 0 Å². The SMILES string of the molecule is O=C(CN1CCOCC1)Nc1cccc(S(=O)(=O)N2CCCC2)c1. The minimum absolute atomic E-state index is 0.146. The molecule has 3 rings (SSSR count). The van der Waals surface area contributed by atoms with Crippen molar-refractivity contribution in [2.45, 2.75) is 17.7 Å². The highest BCUT2D eigenvalue weighted by atomic mass is 32.2. The minimum Gasteiger partial charge on any atom is -0.379 e. The number of nitrogens with one attached hydrogen (secondary N) is 1. The third-order valence-corrected chi connectivity index (χ3v) is 6.19. The molecule has 2 aliphatic rings. The Labute approximate surface area is 142 Å². The maximum Gasteiger partial charge on any atom is 0.243 e. The molecule has 0 saturated carbocycles. The second-order valence-corrected chi connectivity index (χ2v) is 8.01. The lowest BCUT2D eigenvalue weighted by Crippen LogP contribution is -2.41. The van der Waals surface area contributed by atoms with Crippen molar-refractivity contribution in [3.63, 3.8) is 0 Å². The average Bonchev–Trinajstić information content (AvgIpc) is 3.11. The number of nitrogens with zero attached hydrogens (tertiary/aromatic N) is 2. The van der Waals surface area contributed by atoms with E-state index in [9.17, 15) is 13.2 Å². The van der Waals surface area contributed by atoms with Crippen LogP contribution in [0.1, 0.15) is 12.8 Å². The lowest BCUT2D eigenvalue weighted by molar-refractivity contribution is -0.118. The Balaban J connectivity index is 1.65. The lowest BCUT2D eigenvalue weighted by atomic mass is 10.3. The monoisotopic (exact) mass is 353 g/mol. The van der Waals surface area contributed by atoms with Crippen molar-refractivity contribution in [3.05, 3.63) is 24.3 Å². The fraction of sp³-hybridized carbons (Fsp3) is 0.562. The molecule has 1 amide bonds. The van der Waals surface area contributed by atoms with Crippen molar-refractivity contribution < 1.29 is 17.9 Å². The number of sulfonamides is 1. The molecule has 7 nitrogen and oxygen atoms in total. The molecule has 2 fully saturated rings. The number of hydrogen-bond acceptors (Lipinski definition) is 5. The molecule has 0 bridgehead atoms. The molecule has 24 heavy (non-hydrogen) atoms. The van der Waals surface area contributed by atoms with Crippen LogP contribution in [0.5, 0.6) is 0 Å². The van der Waals surface area contributed by atoms with Crippen molar-refractivity contribution in [3.8, 4) is 0 Å². The van der Waals surface area contributed by atoms with Crippen LogP contribution in [-0.4, -0.2) is 69.5 Å². The third-order valence-electron chi connectivity index (χ3n) is 4.29. The summed E-state index contributed by atoms with van der Waals surface area (Å²) >= 11 is 0. The summed E-state index contributed by atoms with van der Waals surface area (Å²) in [6, 6.07) is 6.48. The van der Waals surface area contributed by atoms with Crippen molar-refractivity contribution in [2.75, 3.05) is 51.3 Å². The van der Waals surface area contributed by atoms with Crippen LogP contribution in [0.15, 0.2) is 29.2 Å². The number of amides is 1. The van der Waals surface area contributed by atoms with Gasteiger partial charge >= 0.3 is 0 Å². The molecule has 0 spiro atoms. The summed E-state index contributed by atoms with van der Waals surface area (Å²) < 4.78 is 31.9. The molecule has 0 unspecified atom stereocenters. The first kappa shape index (κ1) is 17.3. The van der Waals surface area contributed by atoms with Crippen LogP contribution in [0, 0.1) is 0 Å².